The van der Waals surface area contributed by atoms with E-state index < -0.39 is 37.8 Å². The molecule has 1 unspecified atom stereocenters. The second kappa shape index (κ2) is 13.2. The fourth-order valence-electron chi connectivity index (χ4n) is 5.26. The minimum atomic E-state index is -2.70. The first-order chi connectivity index (χ1) is 19.1. The van der Waals surface area contributed by atoms with Crippen LogP contribution in [0.5, 0.6) is 0 Å². The Morgan fingerprint density at radius 3 is 2.00 bits per heavy atom. The van der Waals surface area contributed by atoms with E-state index in [1.54, 1.807) is 13.8 Å². The third-order valence-corrected chi connectivity index (χ3v) is 12.4. The van der Waals surface area contributed by atoms with Crippen molar-refractivity contribution in [1.29, 1.82) is 0 Å². The molecule has 0 amide bonds. The molecule has 0 radical (unpaired) electrons. The minimum Gasteiger partial charge on any atom is -0.465 e. The van der Waals surface area contributed by atoms with Crippen molar-refractivity contribution < 1.29 is 28.5 Å². The molecule has 6 nitrogen and oxygen atoms in total. The topological polar surface area (TPSA) is 74.2 Å². The van der Waals surface area contributed by atoms with Gasteiger partial charge in [0.1, 0.15) is 12.2 Å². The van der Waals surface area contributed by atoms with Crippen LogP contribution in [0.15, 0.2) is 60.7 Å². The fourth-order valence-corrected chi connectivity index (χ4v) is 9.96. The van der Waals surface area contributed by atoms with Crippen LogP contribution < -0.4 is 10.4 Å². The van der Waals surface area contributed by atoms with Crippen LogP contribution in [-0.4, -0.2) is 56.2 Å². The maximum atomic E-state index is 12.2. The Morgan fingerprint density at radius 2 is 1.51 bits per heavy atom. The molecule has 1 heterocycles. The molecule has 2 aromatic rings. The van der Waals surface area contributed by atoms with Crippen molar-refractivity contribution in [1.82, 2.24) is 0 Å². The summed E-state index contributed by atoms with van der Waals surface area (Å²) in [7, 11) is -2.70. The highest BCUT2D eigenvalue weighted by Crippen LogP contribution is 2.38. The number of carbonyl (C=O) groups excluding carboxylic acids is 1. The zero-order valence-electron chi connectivity index (χ0n) is 26.2. The van der Waals surface area contributed by atoms with Crippen molar-refractivity contribution in [2.45, 2.75) is 110 Å². The Labute approximate surface area is 247 Å². The molecule has 1 fully saturated rings. The lowest BCUT2D eigenvalue weighted by Crippen LogP contribution is -2.67. The number of rotatable bonds is 9. The van der Waals surface area contributed by atoms with Gasteiger partial charge in [-0.2, -0.15) is 0 Å². The minimum absolute atomic E-state index is 0.138. The van der Waals surface area contributed by atoms with Gasteiger partial charge in [-0.3, -0.25) is 4.79 Å². The van der Waals surface area contributed by atoms with Crippen molar-refractivity contribution in [3.05, 3.63) is 60.7 Å². The van der Waals surface area contributed by atoms with Crippen LogP contribution >= 0.6 is 0 Å². The number of esters is 1. The molecule has 0 spiro atoms. The Kier molecular flexibility index (Phi) is 10.7. The van der Waals surface area contributed by atoms with E-state index in [4.69, 9.17) is 18.6 Å². The molecule has 0 aromatic heterocycles. The predicted molar refractivity (Wildman–Crippen MR) is 165 cm³/mol. The number of hydrogen-bond acceptors (Lipinski definition) is 6. The lowest BCUT2D eigenvalue weighted by molar-refractivity contribution is -0.157. The average Bonchev–Trinajstić information content (AvgIpc) is 3.21. The predicted octanol–water partition coefficient (Wildman–Crippen LogP) is 5.21. The summed E-state index contributed by atoms with van der Waals surface area (Å²) in [5.41, 5.74) is -0.579. The molecule has 1 aliphatic rings. The standard InChI is InChI=1S/C34H48O6Si/c1-25(40-41(33(5,6)7,26-18-12-10-13-19-26)27-20-14-11-15-21-27)17-16-22-28(35)30-29(38-34(8,9)39-30)23-24-37-31(36)32(2,3)4/h10-15,18-21,25,28-30,35H,17,23-24H2,1-9H3/t25-,28?,29-,30+/m0/s1. The number of benzene rings is 2. The van der Waals surface area contributed by atoms with Gasteiger partial charge in [-0.1, -0.05) is 93.3 Å². The second-order valence-corrected chi connectivity index (χ2v) is 17.6. The van der Waals surface area contributed by atoms with Gasteiger partial charge in [-0.15, -0.1) is 0 Å². The highest BCUT2D eigenvalue weighted by atomic mass is 28.4. The monoisotopic (exact) mass is 580 g/mol. The van der Waals surface area contributed by atoms with Crippen LogP contribution in [0.25, 0.3) is 0 Å². The highest BCUT2D eigenvalue weighted by molar-refractivity contribution is 6.99. The van der Waals surface area contributed by atoms with Gasteiger partial charge >= 0.3 is 5.97 Å². The Balaban J connectivity index is 1.74. The van der Waals surface area contributed by atoms with Crippen LogP contribution in [0.3, 0.4) is 0 Å². The first-order valence-electron chi connectivity index (χ1n) is 14.5. The van der Waals surface area contributed by atoms with Gasteiger partial charge in [0.2, 0.25) is 0 Å². The third-order valence-electron chi connectivity index (χ3n) is 7.21. The summed E-state index contributed by atoms with van der Waals surface area (Å²) in [5.74, 6) is 4.99. The van der Waals surface area contributed by atoms with Crippen molar-refractivity contribution in [3.63, 3.8) is 0 Å². The number of aliphatic hydroxyl groups excluding tert-OH is 1. The first-order valence-corrected chi connectivity index (χ1v) is 16.5. The van der Waals surface area contributed by atoms with E-state index >= 15 is 0 Å². The van der Waals surface area contributed by atoms with Gasteiger partial charge in [0.15, 0.2) is 5.79 Å². The van der Waals surface area contributed by atoms with E-state index in [0.29, 0.717) is 12.8 Å². The molecule has 1 aliphatic heterocycles. The van der Waals surface area contributed by atoms with E-state index in [1.165, 1.54) is 10.4 Å². The second-order valence-electron chi connectivity index (χ2n) is 13.4. The van der Waals surface area contributed by atoms with E-state index in [9.17, 15) is 9.90 Å². The molecule has 7 heteroatoms. The van der Waals surface area contributed by atoms with Crippen LogP contribution in [0.2, 0.25) is 5.04 Å². The van der Waals surface area contributed by atoms with Gasteiger partial charge in [0, 0.05) is 12.8 Å². The summed E-state index contributed by atoms with van der Waals surface area (Å²) in [5, 5.41) is 13.3. The number of hydrogen-bond donors (Lipinski definition) is 1. The molecular formula is C34H48O6Si. The zero-order valence-corrected chi connectivity index (χ0v) is 27.2. The van der Waals surface area contributed by atoms with E-state index in [2.05, 4.69) is 81.1 Å². The van der Waals surface area contributed by atoms with Crippen molar-refractivity contribution in [2.24, 2.45) is 5.41 Å². The summed E-state index contributed by atoms with van der Waals surface area (Å²) < 4.78 is 24.5. The number of aliphatic hydroxyl groups is 1. The smallest absolute Gasteiger partial charge is 0.311 e. The zero-order chi connectivity index (χ0) is 30.5. The van der Waals surface area contributed by atoms with Crippen LogP contribution in [0.4, 0.5) is 0 Å². The lowest BCUT2D eigenvalue weighted by atomic mass is 9.97. The summed E-state index contributed by atoms with van der Waals surface area (Å²) in [6.45, 7) is 18.0. The molecule has 3 rings (SSSR count). The van der Waals surface area contributed by atoms with E-state index in [-0.39, 0.29) is 23.7 Å². The van der Waals surface area contributed by atoms with Crippen LogP contribution in [0, 0.1) is 17.3 Å². The van der Waals surface area contributed by atoms with Gasteiger partial charge in [0.05, 0.1) is 24.2 Å². The maximum absolute atomic E-state index is 12.2. The Bertz CT molecular complexity index is 1150. The molecule has 4 atom stereocenters. The Hall–Kier alpha value is -2.47. The third kappa shape index (κ3) is 8.30. The summed E-state index contributed by atoms with van der Waals surface area (Å²) in [6.07, 6.45) is -1.48. The molecule has 1 saturated heterocycles. The van der Waals surface area contributed by atoms with E-state index in [0.717, 1.165) is 0 Å². The normalized spacial score (nSPS) is 20.5. The van der Waals surface area contributed by atoms with Crippen molar-refractivity contribution in [2.75, 3.05) is 6.61 Å². The summed E-state index contributed by atoms with van der Waals surface area (Å²) >= 11 is 0. The molecule has 41 heavy (non-hydrogen) atoms. The molecule has 0 saturated carbocycles. The Morgan fingerprint density at radius 1 is 0.976 bits per heavy atom. The maximum Gasteiger partial charge on any atom is 0.311 e. The van der Waals surface area contributed by atoms with Crippen LogP contribution in [-0.2, 0) is 23.4 Å². The van der Waals surface area contributed by atoms with Crippen molar-refractivity contribution >= 4 is 24.7 Å². The molecule has 0 aliphatic carbocycles. The molecule has 0 bridgehead atoms. The van der Waals surface area contributed by atoms with Gasteiger partial charge < -0.3 is 23.7 Å². The molecule has 2 aromatic carbocycles. The highest BCUT2D eigenvalue weighted by Gasteiger charge is 2.51. The number of carbonyl (C=O) groups is 1. The molecular weight excluding hydrogens is 532 g/mol. The summed E-state index contributed by atoms with van der Waals surface area (Å²) in [6, 6.07) is 21.0. The molecule has 1 N–H and O–H groups in total. The quantitative estimate of drug-likeness (QED) is 0.250. The van der Waals surface area contributed by atoms with Crippen LogP contribution in [0.1, 0.15) is 75.2 Å². The van der Waals surface area contributed by atoms with E-state index in [1.807, 2.05) is 39.8 Å². The lowest BCUT2D eigenvalue weighted by Gasteiger charge is -2.44. The van der Waals surface area contributed by atoms with Gasteiger partial charge in [-0.05, 0) is 57.0 Å². The van der Waals surface area contributed by atoms with Gasteiger partial charge in [-0.25, -0.2) is 0 Å². The largest absolute Gasteiger partial charge is 0.465 e. The first kappa shape index (κ1) is 33.0. The van der Waals surface area contributed by atoms with Gasteiger partial charge in [0.25, 0.3) is 8.32 Å². The SMILES string of the molecule is C[C@@H](CC#CC(O)[C@H]1OC(C)(C)O[C@H]1CCOC(=O)C(C)(C)C)O[Si](c1ccccc1)(c1ccccc1)C(C)(C)C. The van der Waals surface area contributed by atoms with Crippen molar-refractivity contribution in [3.8, 4) is 11.8 Å². The summed E-state index contributed by atoms with van der Waals surface area (Å²) in [4.78, 5) is 12.2. The fraction of sp³-hybridized carbons (Fsp3) is 0.559. The molecule has 224 valence electrons. The number of ether oxygens (including phenoxy) is 3. The average molecular weight is 581 g/mol.